The van der Waals surface area contributed by atoms with E-state index in [1.165, 1.54) is 25.3 Å². The lowest BCUT2D eigenvalue weighted by Crippen LogP contribution is -2.44. The first-order valence-electron chi connectivity index (χ1n) is 12.0. The molecule has 2 amide bonds. The van der Waals surface area contributed by atoms with Crippen molar-refractivity contribution in [2.45, 2.75) is 57.6 Å². The van der Waals surface area contributed by atoms with Crippen LogP contribution in [-0.2, 0) is 9.59 Å². The van der Waals surface area contributed by atoms with E-state index < -0.39 is 18.1 Å². The highest BCUT2D eigenvalue weighted by molar-refractivity contribution is 6.02. The first kappa shape index (κ1) is 25.5. The third-order valence-corrected chi connectivity index (χ3v) is 6.04. The summed E-state index contributed by atoms with van der Waals surface area (Å²) in [6.07, 6.45) is 8.45. The van der Waals surface area contributed by atoms with Gasteiger partial charge in [-0.25, -0.2) is 0 Å². The second kappa shape index (κ2) is 12.9. The quantitative estimate of drug-likeness (QED) is 0.390. The molecule has 0 heterocycles. The van der Waals surface area contributed by atoms with E-state index in [4.69, 9.17) is 10.5 Å². The Morgan fingerprint density at radius 3 is 2.26 bits per heavy atom. The molecule has 1 saturated carbocycles. The van der Waals surface area contributed by atoms with Gasteiger partial charge in [-0.15, -0.1) is 0 Å². The van der Waals surface area contributed by atoms with Crippen molar-refractivity contribution in [2.24, 2.45) is 11.7 Å². The number of nitrogens with one attached hydrogen (secondary N) is 2. The highest BCUT2D eigenvalue weighted by Gasteiger charge is 2.26. The number of hydrogen-bond acceptors (Lipinski definition) is 5. The third kappa shape index (κ3) is 8.01. The predicted molar refractivity (Wildman–Crippen MR) is 136 cm³/mol. The molecule has 2 aromatic rings. The van der Waals surface area contributed by atoms with Crippen LogP contribution in [0.15, 0.2) is 54.6 Å². The van der Waals surface area contributed by atoms with Gasteiger partial charge in [0.1, 0.15) is 11.9 Å². The number of hydrogen-bond donors (Lipinski definition) is 4. The number of nitrogens with two attached hydrogens (primary N) is 1. The van der Waals surface area contributed by atoms with Gasteiger partial charge in [0.05, 0.1) is 6.61 Å². The van der Waals surface area contributed by atoms with Gasteiger partial charge in [0, 0.05) is 23.5 Å². The second-order valence-corrected chi connectivity index (χ2v) is 8.74. The number of aliphatic hydroxyl groups is 1. The lowest BCUT2D eigenvalue weighted by atomic mass is 9.84. The molecule has 0 unspecified atom stereocenters. The van der Waals surface area contributed by atoms with Crippen LogP contribution < -0.4 is 21.1 Å². The fourth-order valence-electron chi connectivity index (χ4n) is 4.18. The number of benzene rings is 2. The van der Waals surface area contributed by atoms with Gasteiger partial charge in [0.25, 0.3) is 5.91 Å². The Kier molecular flexibility index (Phi) is 9.67. The Morgan fingerprint density at radius 2 is 1.65 bits per heavy atom. The molecule has 3 rings (SSSR count). The van der Waals surface area contributed by atoms with Crippen LogP contribution in [-0.4, -0.2) is 35.7 Å². The fourth-order valence-corrected chi connectivity index (χ4v) is 4.18. The number of anilines is 2. The molecular formula is C27H35N3O4. The van der Waals surface area contributed by atoms with Crippen LogP contribution in [0.4, 0.5) is 11.4 Å². The molecule has 1 fully saturated rings. The maximum atomic E-state index is 12.4. The largest absolute Gasteiger partial charge is 0.494 e. The molecule has 1 aliphatic rings. The zero-order valence-electron chi connectivity index (χ0n) is 19.7. The van der Waals surface area contributed by atoms with Crippen molar-refractivity contribution in [1.29, 1.82) is 0 Å². The molecule has 7 nitrogen and oxygen atoms in total. The van der Waals surface area contributed by atoms with E-state index >= 15 is 0 Å². The van der Waals surface area contributed by atoms with Crippen molar-refractivity contribution < 1.29 is 19.4 Å². The van der Waals surface area contributed by atoms with Gasteiger partial charge in [0.2, 0.25) is 5.91 Å². The molecule has 0 bridgehead atoms. The lowest BCUT2D eigenvalue weighted by molar-refractivity contribution is -0.125. The van der Waals surface area contributed by atoms with Crippen LogP contribution in [0.1, 0.15) is 51.0 Å². The van der Waals surface area contributed by atoms with Crippen molar-refractivity contribution in [3.05, 3.63) is 60.2 Å². The smallest absolute Gasteiger partial charge is 0.254 e. The van der Waals surface area contributed by atoms with E-state index in [1.807, 2.05) is 31.2 Å². The van der Waals surface area contributed by atoms with Crippen LogP contribution in [0.2, 0.25) is 0 Å². The Balaban J connectivity index is 1.46. The minimum Gasteiger partial charge on any atom is -0.494 e. The van der Waals surface area contributed by atoms with E-state index in [0.717, 1.165) is 24.2 Å². The summed E-state index contributed by atoms with van der Waals surface area (Å²) >= 11 is 0. The van der Waals surface area contributed by atoms with Crippen LogP contribution in [0.3, 0.4) is 0 Å². The molecule has 2 atom stereocenters. The number of aliphatic hydroxyl groups excluding tert-OH is 1. The summed E-state index contributed by atoms with van der Waals surface area (Å²) in [6, 6.07) is 13.6. The minimum atomic E-state index is -1.26. The number of amides is 2. The summed E-state index contributed by atoms with van der Waals surface area (Å²) in [5.74, 6) is 0.487. The first-order chi connectivity index (χ1) is 16.4. The zero-order valence-corrected chi connectivity index (χ0v) is 19.7. The summed E-state index contributed by atoms with van der Waals surface area (Å²) in [5, 5.41) is 15.8. The molecule has 0 aliphatic heterocycles. The molecule has 0 saturated heterocycles. The molecule has 5 N–H and O–H groups in total. The van der Waals surface area contributed by atoms with Crippen molar-refractivity contribution in [3.8, 4) is 5.75 Å². The molecule has 34 heavy (non-hydrogen) atoms. The minimum absolute atomic E-state index is 0.269. The van der Waals surface area contributed by atoms with Gasteiger partial charge in [-0.05, 0) is 67.3 Å². The average molecular weight is 466 g/mol. The molecular weight excluding hydrogens is 430 g/mol. The van der Waals surface area contributed by atoms with E-state index in [-0.39, 0.29) is 5.91 Å². The van der Waals surface area contributed by atoms with Crippen LogP contribution in [0.5, 0.6) is 5.75 Å². The summed E-state index contributed by atoms with van der Waals surface area (Å²) in [7, 11) is 0. The fraction of sp³-hybridized carbons (Fsp3) is 0.407. The Bertz CT molecular complexity index is 951. The molecule has 0 radical (unpaired) electrons. The highest BCUT2D eigenvalue weighted by atomic mass is 16.5. The van der Waals surface area contributed by atoms with Gasteiger partial charge in [0.15, 0.2) is 0 Å². The molecule has 0 spiro atoms. The van der Waals surface area contributed by atoms with Crippen LogP contribution >= 0.6 is 0 Å². The van der Waals surface area contributed by atoms with Gasteiger partial charge in [-0.3, -0.25) is 9.59 Å². The van der Waals surface area contributed by atoms with E-state index in [9.17, 15) is 14.7 Å². The van der Waals surface area contributed by atoms with E-state index in [0.29, 0.717) is 30.3 Å². The normalized spacial score (nSPS) is 16.1. The third-order valence-electron chi connectivity index (χ3n) is 6.04. The van der Waals surface area contributed by atoms with Crippen molar-refractivity contribution >= 4 is 29.3 Å². The lowest BCUT2D eigenvalue weighted by Gasteiger charge is -2.26. The predicted octanol–water partition coefficient (Wildman–Crippen LogP) is 4.33. The molecule has 2 aromatic carbocycles. The molecule has 182 valence electrons. The van der Waals surface area contributed by atoms with Crippen molar-refractivity contribution in [1.82, 2.24) is 0 Å². The van der Waals surface area contributed by atoms with Crippen LogP contribution in [0.25, 0.3) is 6.08 Å². The maximum Gasteiger partial charge on any atom is 0.254 e. The second-order valence-electron chi connectivity index (χ2n) is 8.74. The summed E-state index contributed by atoms with van der Waals surface area (Å²) < 4.78 is 5.40. The van der Waals surface area contributed by atoms with Crippen LogP contribution in [0, 0.1) is 5.92 Å². The first-order valence-corrected chi connectivity index (χ1v) is 12.0. The molecule has 1 aliphatic carbocycles. The van der Waals surface area contributed by atoms with Crippen molar-refractivity contribution in [2.75, 3.05) is 17.2 Å². The van der Waals surface area contributed by atoms with Gasteiger partial charge in [-0.1, -0.05) is 44.2 Å². The topological polar surface area (TPSA) is 114 Å². The zero-order chi connectivity index (χ0) is 24.3. The van der Waals surface area contributed by atoms with Crippen molar-refractivity contribution in [3.63, 3.8) is 0 Å². The monoisotopic (exact) mass is 465 g/mol. The summed E-state index contributed by atoms with van der Waals surface area (Å²) in [4.78, 5) is 24.6. The number of ether oxygens (including phenoxy) is 1. The van der Waals surface area contributed by atoms with E-state index in [1.54, 1.807) is 30.3 Å². The molecule has 0 aromatic heterocycles. The Labute approximate surface area is 201 Å². The Hall–Kier alpha value is -3.16. The van der Waals surface area contributed by atoms with Gasteiger partial charge < -0.3 is 26.2 Å². The van der Waals surface area contributed by atoms with Gasteiger partial charge >= 0.3 is 0 Å². The SMILES string of the molecule is CCOc1ccc(/C=C/C(=O)Nc2ccc(NC(=O)[C@@H](O)[C@H](N)CC3CCCCC3)cc2)cc1. The van der Waals surface area contributed by atoms with Gasteiger partial charge in [-0.2, -0.15) is 0 Å². The standard InChI is InChI=1S/C27H35N3O4/c1-2-34-23-15-8-19(9-16-23)10-17-25(31)29-21-11-13-22(14-12-21)30-27(33)26(32)24(28)18-20-6-4-3-5-7-20/h8-17,20,24,26,32H,2-7,18,28H2,1H3,(H,29,31)(H,30,33)/b17-10+/t24-,26+/m1/s1. The number of rotatable bonds is 10. The Morgan fingerprint density at radius 1 is 1.03 bits per heavy atom. The molecule has 7 heteroatoms. The summed E-state index contributed by atoms with van der Waals surface area (Å²) in [6.45, 7) is 2.53. The number of carbonyl (C=O) groups excluding carboxylic acids is 2. The average Bonchev–Trinajstić information content (AvgIpc) is 2.85. The summed E-state index contributed by atoms with van der Waals surface area (Å²) in [5.41, 5.74) is 8.10. The van der Waals surface area contributed by atoms with E-state index in [2.05, 4.69) is 10.6 Å². The number of carbonyl (C=O) groups is 2. The highest BCUT2D eigenvalue weighted by Crippen LogP contribution is 2.27. The maximum absolute atomic E-state index is 12.4.